The predicted octanol–water partition coefficient (Wildman–Crippen LogP) is 4.57. The summed E-state index contributed by atoms with van der Waals surface area (Å²) in [6, 6.07) is 19.6. The van der Waals surface area contributed by atoms with Gasteiger partial charge in [-0.05, 0) is 43.3 Å². The number of aromatic nitrogens is 1. The number of benzene rings is 3. The van der Waals surface area contributed by atoms with Crippen molar-refractivity contribution in [2.24, 2.45) is 0 Å². The predicted molar refractivity (Wildman–Crippen MR) is 166 cm³/mol. The Morgan fingerprint density at radius 3 is 2.38 bits per heavy atom. The number of fused-ring (bicyclic) bond motifs is 1. The van der Waals surface area contributed by atoms with Crippen LogP contribution < -0.4 is 19.7 Å². The van der Waals surface area contributed by atoms with Crippen molar-refractivity contribution in [1.82, 2.24) is 9.88 Å². The van der Waals surface area contributed by atoms with Gasteiger partial charge in [0.1, 0.15) is 5.75 Å². The van der Waals surface area contributed by atoms with Crippen LogP contribution in [0.25, 0.3) is 17.0 Å². The number of sulfonamides is 1. The van der Waals surface area contributed by atoms with Crippen LogP contribution >= 0.6 is 0 Å². The van der Waals surface area contributed by atoms with E-state index in [1.165, 1.54) is 13.2 Å². The number of nitrogens with zero attached hydrogens (tertiary/aromatic N) is 2. The molecule has 1 fully saturated rings. The van der Waals surface area contributed by atoms with Gasteiger partial charge in [-0.2, -0.15) is 0 Å². The molecule has 10 nitrogen and oxygen atoms in total. The van der Waals surface area contributed by atoms with E-state index in [1.807, 2.05) is 37.3 Å². The van der Waals surface area contributed by atoms with E-state index in [9.17, 15) is 18.0 Å². The number of nitrogens with one attached hydrogen (secondary N) is 3. The Kier molecular flexibility index (Phi) is 8.21. The first-order valence-corrected chi connectivity index (χ1v) is 15.0. The molecule has 0 radical (unpaired) electrons. The van der Waals surface area contributed by atoms with Gasteiger partial charge >= 0.3 is 0 Å². The standard InChI is InChI=1S/C31H33N5O5S/c1-21-8-10-24(11-9-21)34-42(39,40)30(18-23-20-32-27-7-5-4-6-26(23)27)31(38)33-28-13-12-25(19-29(28)41-3)36-16-14-35(15-17-36)22(2)37/h4-13,18-20,32,34H,14-17H2,1-3H3,(H,33,38)/b30-18+. The molecule has 0 aliphatic carbocycles. The topological polar surface area (TPSA) is 124 Å². The molecule has 4 aromatic rings. The third-order valence-electron chi connectivity index (χ3n) is 7.25. The first-order chi connectivity index (χ1) is 20.1. The van der Waals surface area contributed by atoms with Crippen LogP contribution in [-0.2, 0) is 19.6 Å². The number of anilines is 3. The van der Waals surface area contributed by atoms with Gasteiger partial charge in [0.25, 0.3) is 15.9 Å². The van der Waals surface area contributed by atoms with E-state index >= 15 is 0 Å². The van der Waals surface area contributed by atoms with E-state index in [0.717, 1.165) is 22.2 Å². The second kappa shape index (κ2) is 12.0. The summed E-state index contributed by atoms with van der Waals surface area (Å²) in [7, 11) is -2.82. The quantitative estimate of drug-likeness (QED) is 0.260. The van der Waals surface area contributed by atoms with Gasteiger partial charge in [-0.3, -0.25) is 14.3 Å². The van der Waals surface area contributed by atoms with E-state index in [4.69, 9.17) is 4.74 Å². The van der Waals surface area contributed by atoms with Gasteiger partial charge in [0.05, 0.1) is 12.8 Å². The highest BCUT2D eigenvalue weighted by Gasteiger charge is 2.27. The number of hydrogen-bond donors (Lipinski definition) is 3. The molecule has 3 aromatic carbocycles. The highest BCUT2D eigenvalue weighted by molar-refractivity contribution is 7.97. The van der Waals surface area contributed by atoms with Gasteiger partial charge in [0.15, 0.2) is 4.91 Å². The Morgan fingerprint density at radius 2 is 1.69 bits per heavy atom. The SMILES string of the molecule is COc1cc(N2CCN(C(C)=O)CC2)ccc1NC(=O)/C(=C\c1c[nH]c2ccccc12)S(=O)(=O)Nc1ccc(C)cc1. The minimum atomic E-state index is -4.31. The summed E-state index contributed by atoms with van der Waals surface area (Å²) >= 11 is 0. The van der Waals surface area contributed by atoms with E-state index < -0.39 is 20.8 Å². The molecule has 0 bridgehead atoms. The lowest BCUT2D eigenvalue weighted by molar-refractivity contribution is -0.129. The van der Waals surface area contributed by atoms with Crippen LogP contribution in [0.3, 0.4) is 0 Å². The maximum Gasteiger partial charge on any atom is 0.269 e. The van der Waals surface area contributed by atoms with Crippen molar-refractivity contribution in [3.63, 3.8) is 0 Å². The second-order valence-electron chi connectivity index (χ2n) is 10.1. The molecule has 1 aromatic heterocycles. The normalized spacial score (nSPS) is 14.1. The number of H-pyrrole nitrogens is 1. The third-order valence-corrected chi connectivity index (χ3v) is 8.64. The summed E-state index contributed by atoms with van der Waals surface area (Å²) in [4.78, 5) is 32.0. The van der Waals surface area contributed by atoms with Gasteiger partial charge < -0.3 is 24.8 Å². The van der Waals surface area contributed by atoms with Crippen LogP contribution in [0.4, 0.5) is 17.1 Å². The van der Waals surface area contributed by atoms with Crippen LogP contribution in [0, 0.1) is 6.92 Å². The number of aromatic amines is 1. The number of carbonyl (C=O) groups excluding carboxylic acids is 2. The zero-order valence-electron chi connectivity index (χ0n) is 23.7. The van der Waals surface area contributed by atoms with E-state index in [0.29, 0.717) is 48.9 Å². The van der Waals surface area contributed by atoms with Crippen LogP contribution in [-0.4, -0.2) is 63.4 Å². The molecule has 11 heteroatoms. The summed E-state index contributed by atoms with van der Waals surface area (Å²) in [6.07, 6.45) is 3.03. The van der Waals surface area contributed by atoms with Gasteiger partial charge in [0, 0.05) is 73.2 Å². The zero-order chi connectivity index (χ0) is 29.9. The number of aryl methyl sites for hydroxylation is 1. The average Bonchev–Trinajstić information content (AvgIpc) is 3.40. The average molecular weight is 588 g/mol. The Labute approximate surface area is 245 Å². The Morgan fingerprint density at radius 1 is 0.976 bits per heavy atom. The summed E-state index contributed by atoms with van der Waals surface area (Å²) in [5.74, 6) is -0.389. The molecular formula is C31H33N5O5S. The van der Waals surface area contributed by atoms with Crippen LogP contribution in [0.1, 0.15) is 18.1 Å². The third kappa shape index (κ3) is 6.26. The van der Waals surface area contributed by atoms with Crippen molar-refractivity contribution in [3.8, 4) is 5.75 Å². The molecule has 1 aliphatic heterocycles. The maximum absolute atomic E-state index is 13.7. The van der Waals surface area contributed by atoms with Gasteiger partial charge in [-0.25, -0.2) is 8.42 Å². The van der Waals surface area contributed by atoms with Crippen molar-refractivity contribution in [2.45, 2.75) is 13.8 Å². The fourth-order valence-corrected chi connectivity index (χ4v) is 6.03. The van der Waals surface area contributed by atoms with E-state index in [-0.39, 0.29) is 5.91 Å². The fraction of sp³-hybridized carbons (Fsp3) is 0.226. The number of hydrogen-bond acceptors (Lipinski definition) is 6. The summed E-state index contributed by atoms with van der Waals surface area (Å²) in [5, 5.41) is 3.52. The lowest BCUT2D eigenvalue weighted by atomic mass is 10.1. The molecule has 0 unspecified atom stereocenters. The van der Waals surface area contributed by atoms with Crippen LogP contribution in [0.15, 0.2) is 77.8 Å². The Balaban J connectivity index is 1.45. The van der Waals surface area contributed by atoms with Gasteiger partial charge in [0.2, 0.25) is 5.91 Å². The minimum Gasteiger partial charge on any atom is -0.494 e. The van der Waals surface area contributed by atoms with Crippen molar-refractivity contribution in [3.05, 3.63) is 89.0 Å². The van der Waals surface area contributed by atoms with E-state index in [2.05, 4.69) is 19.9 Å². The molecule has 0 atom stereocenters. The number of piperazine rings is 1. The molecule has 2 amide bonds. The fourth-order valence-electron chi connectivity index (χ4n) is 4.89. The van der Waals surface area contributed by atoms with Crippen molar-refractivity contribution < 1.29 is 22.7 Å². The number of amides is 2. The van der Waals surface area contributed by atoms with Crippen molar-refractivity contribution in [2.75, 3.05) is 48.2 Å². The number of para-hydroxylation sites is 1. The molecule has 1 aliphatic rings. The van der Waals surface area contributed by atoms with Crippen molar-refractivity contribution >= 4 is 55.9 Å². The van der Waals surface area contributed by atoms with Crippen molar-refractivity contribution in [1.29, 1.82) is 0 Å². The molecule has 5 rings (SSSR count). The highest BCUT2D eigenvalue weighted by Crippen LogP contribution is 2.32. The molecule has 218 valence electrons. The highest BCUT2D eigenvalue weighted by atomic mass is 32.2. The molecular weight excluding hydrogens is 554 g/mol. The molecule has 42 heavy (non-hydrogen) atoms. The Bertz CT molecular complexity index is 1750. The van der Waals surface area contributed by atoms with Gasteiger partial charge in [-0.15, -0.1) is 0 Å². The van der Waals surface area contributed by atoms with E-state index in [1.54, 1.807) is 54.4 Å². The number of methoxy groups -OCH3 is 1. The van der Waals surface area contributed by atoms with Gasteiger partial charge in [-0.1, -0.05) is 35.9 Å². The van der Waals surface area contributed by atoms with Crippen LogP contribution in [0.2, 0.25) is 0 Å². The largest absolute Gasteiger partial charge is 0.494 e. The summed E-state index contributed by atoms with van der Waals surface area (Å²) in [5.41, 5.74) is 3.87. The summed E-state index contributed by atoms with van der Waals surface area (Å²) in [6.45, 7) is 6.02. The molecule has 3 N–H and O–H groups in total. The first-order valence-electron chi connectivity index (χ1n) is 13.5. The second-order valence-corrected chi connectivity index (χ2v) is 11.8. The smallest absolute Gasteiger partial charge is 0.269 e. The minimum absolute atomic E-state index is 0.0496. The molecule has 1 saturated heterocycles. The first kappa shape index (κ1) is 28.7. The Hall–Kier alpha value is -4.77. The number of rotatable bonds is 8. The summed E-state index contributed by atoms with van der Waals surface area (Å²) < 4.78 is 35.4. The lowest BCUT2D eigenvalue weighted by Gasteiger charge is -2.35. The zero-order valence-corrected chi connectivity index (χ0v) is 24.5. The number of carbonyl (C=O) groups is 2. The number of ether oxygens (including phenoxy) is 1. The molecule has 2 heterocycles. The maximum atomic E-state index is 13.7. The molecule has 0 spiro atoms. The monoisotopic (exact) mass is 587 g/mol. The lowest BCUT2D eigenvalue weighted by Crippen LogP contribution is -2.48. The molecule has 0 saturated carbocycles. The van der Waals surface area contributed by atoms with Crippen LogP contribution in [0.5, 0.6) is 5.75 Å².